The minimum Gasteiger partial charge on any atom is -0.320 e. The van der Waals surface area contributed by atoms with Gasteiger partial charge in [0, 0.05) is 9.50 Å². The summed E-state index contributed by atoms with van der Waals surface area (Å²) in [6, 6.07) is 5.68. The van der Waals surface area contributed by atoms with E-state index in [-0.39, 0.29) is 6.04 Å². The van der Waals surface area contributed by atoms with E-state index < -0.39 is 0 Å². The summed E-state index contributed by atoms with van der Waals surface area (Å²) < 4.78 is 0.966. The maximum Gasteiger partial charge on any atom is 0.0571 e. The normalized spacial score (nSPS) is 12.6. The first-order valence-corrected chi connectivity index (χ1v) is 8.20. The number of rotatable bonds is 2. The summed E-state index contributed by atoms with van der Waals surface area (Å²) in [5.41, 5.74) is 15.2. The fourth-order valence-electron chi connectivity index (χ4n) is 2.90. The first-order valence-electron chi connectivity index (χ1n) is 7.03. The molecule has 0 aromatic heterocycles. The van der Waals surface area contributed by atoms with E-state index in [9.17, 15) is 0 Å². The molecule has 112 valence electrons. The smallest absolute Gasteiger partial charge is 0.0571 e. The van der Waals surface area contributed by atoms with E-state index in [1.165, 1.54) is 33.4 Å². The Morgan fingerprint density at radius 2 is 1.38 bits per heavy atom. The Kier molecular flexibility index (Phi) is 4.82. The van der Waals surface area contributed by atoms with Gasteiger partial charge in [0.15, 0.2) is 0 Å². The Hall–Kier alpha value is -0.830. The van der Waals surface area contributed by atoms with Crippen LogP contribution in [0.5, 0.6) is 0 Å². The molecule has 1 atom stereocenters. The lowest BCUT2D eigenvalue weighted by Gasteiger charge is -2.24. The van der Waals surface area contributed by atoms with Gasteiger partial charge in [0.2, 0.25) is 0 Å². The van der Waals surface area contributed by atoms with E-state index in [1.54, 1.807) is 0 Å². The second kappa shape index (κ2) is 6.12. The monoisotopic (exact) mass is 365 g/mol. The fraction of sp³-hybridized carbons (Fsp3) is 0.333. The van der Waals surface area contributed by atoms with Crippen molar-refractivity contribution in [1.82, 2.24) is 0 Å². The van der Waals surface area contributed by atoms with Crippen molar-refractivity contribution in [2.75, 3.05) is 0 Å². The van der Waals surface area contributed by atoms with Crippen LogP contribution in [0.3, 0.4) is 0 Å². The summed E-state index contributed by atoms with van der Waals surface area (Å²) in [5, 5.41) is 0.701. The molecule has 1 nitrogen and oxygen atoms in total. The summed E-state index contributed by atoms with van der Waals surface area (Å²) in [7, 11) is 0. The Morgan fingerprint density at radius 1 is 0.905 bits per heavy atom. The molecule has 0 radical (unpaired) electrons. The molecular formula is C18H21BrClN. The Labute approximate surface area is 140 Å². The summed E-state index contributed by atoms with van der Waals surface area (Å²) in [6.45, 7) is 10.8. The molecule has 3 heteroatoms. The molecule has 2 aromatic rings. The van der Waals surface area contributed by atoms with E-state index in [0.29, 0.717) is 5.02 Å². The molecule has 0 aliphatic carbocycles. The zero-order valence-electron chi connectivity index (χ0n) is 13.1. The summed E-state index contributed by atoms with van der Waals surface area (Å²) >= 11 is 9.82. The fourth-order valence-corrected chi connectivity index (χ4v) is 3.70. The highest BCUT2D eigenvalue weighted by Gasteiger charge is 2.20. The van der Waals surface area contributed by atoms with Gasteiger partial charge in [-0.1, -0.05) is 33.6 Å². The highest BCUT2D eigenvalue weighted by Crippen LogP contribution is 2.35. The lowest BCUT2D eigenvalue weighted by molar-refractivity contribution is 0.843. The number of halogens is 2. The van der Waals surface area contributed by atoms with Gasteiger partial charge in [-0.25, -0.2) is 0 Å². The van der Waals surface area contributed by atoms with Gasteiger partial charge >= 0.3 is 0 Å². The molecule has 2 rings (SSSR count). The van der Waals surface area contributed by atoms with Gasteiger partial charge in [0.25, 0.3) is 0 Å². The average molecular weight is 367 g/mol. The van der Waals surface area contributed by atoms with E-state index in [4.69, 9.17) is 17.3 Å². The van der Waals surface area contributed by atoms with Gasteiger partial charge in [-0.3, -0.25) is 0 Å². The molecule has 0 fully saturated rings. The quantitative estimate of drug-likeness (QED) is 0.725. The number of benzene rings is 2. The molecule has 0 spiro atoms. The van der Waals surface area contributed by atoms with E-state index in [2.05, 4.69) is 50.5 Å². The number of hydrogen-bond acceptors (Lipinski definition) is 1. The number of hydrogen-bond donors (Lipinski definition) is 1. The van der Waals surface area contributed by atoms with Crippen LogP contribution >= 0.6 is 27.5 Å². The van der Waals surface area contributed by atoms with Crippen LogP contribution in [0.4, 0.5) is 0 Å². The van der Waals surface area contributed by atoms with Gasteiger partial charge in [0.05, 0.1) is 6.04 Å². The molecule has 0 saturated carbocycles. The second-order valence-corrected chi connectivity index (χ2v) is 7.01. The van der Waals surface area contributed by atoms with Crippen LogP contribution in [-0.2, 0) is 0 Å². The highest BCUT2D eigenvalue weighted by atomic mass is 79.9. The molecule has 0 bridgehead atoms. The standard InChI is InChI=1S/C18H21BrClN/c1-9-10(2)12(4)17(13(5)11(9)3)18(21)15-7-6-14(19)8-16(15)20/h6-8,18H,21H2,1-5H3. The van der Waals surface area contributed by atoms with E-state index in [0.717, 1.165) is 10.0 Å². The van der Waals surface area contributed by atoms with Crippen LogP contribution in [0.2, 0.25) is 5.02 Å². The topological polar surface area (TPSA) is 26.0 Å². The Balaban J connectivity index is 2.66. The molecule has 2 aromatic carbocycles. The van der Waals surface area contributed by atoms with Crippen molar-refractivity contribution in [2.24, 2.45) is 5.73 Å². The number of nitrogens with two attached hydrogens (primary N) is 1. The summed E-state index contributed by atoms with van der Waals surface area (Å²) in [4.78, 5) is 0. The van der Waals surface area contributed by atoms with Crippen molar-refractivity contribution < 1.29 is 0 Å². The van der Waals surface area contributed by atoms with Crippen molar-refractivity contribution in [3.63, 3.8) is 0 Å². The van der Waals surface area contributed by atoms with Crippen LogP contribution < -0.4 is 5.73 Å². The Morgan fingerprint density at radius 3 is 1.86 bits per heavy atom. The van der Waals surface area contributed by atoms with Crippen LogP contribution in [0.15, 0.2) is 22.7 Å². The molecule has 0 aliphatic heterocycles. The SMILES string of the molecule is Cc1c(C)c(C)c(C(N)c2ccc(Br)cc2Cl)c(C)c1C. The third-order valence-corrected chi connectivity index (χ3v) is 5.49. The molecule has 1 unspecified atom stereocenters. The zero-order valence-corrected chi connectivity index (χ0v) is 15.5. The molecule has 0 saturated heterocycles. The minimum absolute atomic E-state index is 0.205. The van der Waals surface area contributed by atoms with Crippen molar-refractivity contribution in [2.45, 2.75) is 40.7 Å². The van der Waals surface area contributed by atoms with Crippen molar-refractivity contribution in [3.8, 4) is 0 Å². The van der Waals surface area contributed by atoms with Gasteiger partial charge in [-0.05, 0) is 85.7 Å². The Bertz CT molecular complexity index is 678. The minimum atomic E-state index is -0.205. The highest BCUT2D eigenvalue weighted by molar-refractivity contribution is 9.10. The van der Waals surface area contributed by atoms with Crippen molar-refractivity contribution >= 4 is 27.5 Å². The van der Waals surface area contributed by atoms with Gasteiger partial charge in [-0.15, -0.1) is 0 Å². The third-order valence-electron chi connectivity index (χ3n) is 4.67. The molecule has 0 aliphatic rings. The van der Waals surface area contributed by atoms with Crippen LogP contribution in [-0.4, -0.2) is 0 Å². The molecule has 0 heterocycles. The van der Waals surface area contributed by atoms with Crippen LogP contribution in [0.1, 0.15) is 45.0 Å². The molecular weight excluding hydrogens is 346 g/mol. The van der Waals surface area contributed by atoms with Crippen molar-refractivity contribution in [1.29, 1.82) is 0 Å². The molecule has 21 heavy (non-hydrogen) atoms. The van der Waals surface area contributed by atoms with Gasteiger partial charge in [0.1, 0.15) is 0 Å². The maximum absolute atomic E-state index is 6.56. The lowest BCUT2D eigenvalue weighted by atomic mass is 9.84. The van der Waals surface area contributed by atoms with Gasteiger partial charge < -0.3 is 5.73 Å². The van der Waals surface area contributed by atoms with Gasteiger partial charge in [-0.2, -0.15) is 0 Å². The first-order chi connectivity index (χ1) is 9.75. The maximum atomic E-state index is 6.56. The average Bonchev–Trinajstić information content (AvgIpc) is 2.43. The predicted molar refractivity (Wildman–Crippen MR) is 95.3 cm³/mol. The predicted octanol–water partition coefficient (Wildman–Crippen LogP) is 5.69. The van der Waals surface area contributed by atoms with Crippen molar-refractivity contribution in [3.05, 3.63) is 66.6 Å². The molecule has 2 N–H and O–H groups in total. The van der Waals surface area contributed by atoms with Crippen LogP contribution in [0, 0.1) is 34.6 Å². The van der Waals surface area contributed by atoms with E-state index in [1.807, 2.05) is 18.2 Å². The van der Waals surface area contributed by atoms with E-state index >= 15 is 0 Å². The second-order valence-electron chi connectivity index (χ2n) is 5.68. The van der Waals surface area contributed by atoms with Crippen LogP contribution in [0.25, 0.3) is 0 Å². The molecule has 0 amide bonds. The largest absolute Gasteiger partial charge is 0.320 e. The lowest BCUT2D eigenvalue weighted by Crippen LogP contribution is -2.17. The third kappa shape index (κ3) is 2.90. The zero-order chi connectivity index (χ0) is 15.9. The first kappa shape index (κ1) is 16.5. The summed E-state index contributed by atoms with van der Waals surface area (Å²) in [5.74, 6) is 0. The summed E-state index contributed by atoms with van der Waals surface area (Å²) in [6.07, 6.45) is 0.